The van der Waals surface area contributed by atoms with Crippen LogP contribution in [0.15, 0.2) is 42.5 Å². The van der Waals surface area contributed by atoms with Crippen molar-refractivity contribution in [2.75, 3.05) is 12.3 Å². The maximum Gasteiger partial charge on any atom is 0.220 e. The van der Waals surface area contributed by atoms with Crippen LogP contribution in [0, 0.1) is 13.8 Å². The second kappa shape index (κ2) is 9.09. The fourth-order valence-corrected chi connectivity index (χ4v) is 4.23. The summed E-state index contributed by atoms with van der Waals surface area (Å²) in [6, 6.07) is 14.9. The lowest BCUT2D eigenvalue weighted by Crippen LogP contribution is -2.26. The van der Waals surface area contributed by atoms with Gasteiger partial charge in [-0.25, -0.2) is 0 Å². The number of carbonyl (C=O) groups excluding carboxylic acids is 1. The summed E-state index contributed by atoms with van der Waals surface area (Å²) >= 11 is 1.86. The van der Waals surface area contributed by atoms with Crippen LogP contribution in [0.25, 0.3) is 10.8 Å². The molecule has 0 saturated carbocycles. The Morgan fingerprint density at radius 2 is 1.93 bits per heavy atom. The number of fused-ring (bicyclic) bond motifs is 1. The molecule has 0 fully saturated rings. The topological polar surface area (TPSA) is 46.9 Å². The molecule has 0 unspecified atom stereocenters. The lowest BCUT2D eigenvalue weighted by atomic mass is 10.1. The summed E-state index contributed by atoms with van der Waals surface area (Å²) in [6.45, 7) is 4.76. The van der Waals surface area contributed by atoms with Crippen molar-refractivity contribution in [1.29, 1.82) is 0 Å². The Hall–Kier alpha value is -2.27. The van der Waals surface area contributed by atoms with E-state index in [9.17, 15) is 4.79 Å². The molecular weight excluding hydrogens is 354 g/mol. The molecule has 1 amide bonds. The smallest absolute Gasteiger partial charge is 0.220 e. The molecule has 3 aromatic rings. The molecule has 0 bridgehead atoms. The Kier molecular flexibility index (Phi) is 6.56. The minimum absolute atomic E-state index is 0.114. The number of carbonyl (C=O) groups is 1. The maximum atomic E-state index is 12.1. The van der Waals surface area contributed by atoms with Gasteiger partial charge in [-0.3, -0.25) is 9.48 Å². The molecule has 0 atom stereocenters. The zero-order chi connectivity index (χ0) is 19.2. The summed E-state index contributed by atoms with van der Waals surface area (Å²) in [5, 5.41) is 10.0. The van der Waals surface area contributed by atoms with Gasteiger partial charge in [-0.2, -0.15) is 16.9 Å². The number of nitrogens with zero attached hydrogens (tertiary/aromatic N) is 2. The SMILES string of the molecule is Cc1nn(C)c(C)c1CCC(=O)NCCSCc1cccc2ccccc12. The van der Waals surface area contributed by atoms with Gasteiger partial charge in [-0.15, -0.1) is 0 Å². The molecule has 0 aliphatic heterocycles. The first-order chi connectivity index (χ1) is 13.1. The van der Waals surface area contributed by atoms with Gasteiger partial charge in [0.05, 0.1) is 5.69 Å². The van der Waals surface area contributed by atoms with Gasteiger partial charge in [0, 0.05) is 37.2 Å². The molecule has 0 aliphatic carbocycles. The second-order valence-electron chi connectivity index (χ2n) is 6.81. The van der Waals surface area contributed by atoms with E-state index in [0.29, 0.717) is 13.0 Å². The van der Waals surface area contributed by atoms with Crippen molar-refractivity contribution in [3.05, 3.63) is 65.0 Å². The number of thioether (sulfide) groups is 1. The molecule has 0 spiro atoms. The molecule has 3 rings (SSSR count). The van der Waals surface area contributed by atoms with Crippen LogP contribution in [0.4, 0.5) is 0 Å². The standard InChI is InChI=1S/C22H27N3OS/c1-16-20(17(2)25(3)24-16)11-12-22(26)23-13-14-27-15-19-9-6-8-18-7-4-5-10-21(18)19/h4-10H,11-15H2,1-3H3,(H,23,26). The van der Waals surface area contributed by atoms with Gasteiger partial charge < -0.3 is 5.32 Å². The third kappa shape index (κ3) is 4.92. The van der Waals surface area contributed by atoms with Gasteiger partial charge in [0.25, 0.3) is 0 Å². The Morgan fingerprint density at radius 3 is 2.70 bits per heavy atom. The van der Waals surface area contributed by atoms with E-state index in [0.717, 1.165) is 29.3 Å². The van der Waals surface area contributed by atoms with E-state index < -0.39 is 0 Å². The fraction of sp³-hybridized carbons (Fsp3) is 0.364. The van der Waals surface area contributed by atoms with Crippen LogP contribution in [0.3, 0.4) is 0 Å². The van der Waals surface area contributed by atoms with Crippen LogP contribution in [0.5, 0.6) is 0 Å². The van der Waals surface area contributed by atoms with Crippen molar-refractivity contribution in [2.45, 2.75) is 32.4 Å². The number of aromatic nitrogens is 2. The average molecular weight is 382 g/mol. The van der Waals surface area contributed by atoms with Gasteiger partial charge in [0.2, 0.25) is 5.91 Å². The highest BCUT2D eigenvalue weighted by Crippen LogP contribution is 2.22. The van der Waals surface area contributed by atoms with Crippen molar-refractivity contribution in [1.82, 2.24) is 15.1 Å². The predicted octanol–water partition coefficient (Wildman–Crippen LogP) is 4.17. The summed E-state index contributed by atoms with van der Waals surface area (Å²) in [7, 11) is 1.94. The molecule has 0 saturated heterocycles. The molecule has 0 aliphatic rings. The summed E-state index contributed by atoms with van der Waals surface area (Å²) in [4.78, 5) is 12.1. The molecule has 5 heteroatoms. The van der Waals surface area contributed by atoms with Crippen molar-refractivity contribution in [2.24, 2.45) is 7.05 Å². The molecule has 1 N–H and O–H groups in total. The van der Waals surface area contributed by atoms with Crippen LogP contribution in [0.1, 0.15) is 28.9 Å². The number of aryl methyl sites for hydroxylation is 2. The molecule has 142 valence electrons. The molecule has 1 heterocycles. The monoisotopic (exact) mass is 381 g/mol. The Labute approximate surface area is 165 Å². The first kappa shape index (κ1) is 19.5. The van der Waals surface area contributed by atoms with Gasteiger partial charge in [-0.05, 0) is 42.2 Å². The number of amides is 1. The Morgan fingerprint density at radius 1 is 1.15 bits per heavy atom. The van der Waals surface area contributed by atoms with Gasteiger partial charge in [0.1, 0.15) is 0 Å². The van der Waals surface area contributed by atoms with Crippen molar-refractivity contribution in [3.8, 4) is 0 Å². The number of benzene rings is 2. The largest absolute Gasteiger partial charge is 0.355 e. The number of nitrogens with one attached hydrogen (secondary N) is 1. The van der Waals surface area contributed by atoms with E-state index in [-0.39, 0.29) is 5.91 Å². The van der Waals surface area contributed by atoms with Crippen molar-refractivity contribution >= 4 is 28.4 Å². The van der Waals surface area contributed by atoms with Gasteiger partial charge in [-0.1, -0.05) is 42.5 Å². The van der Waals surface area contributed by atoms with E-state index in [2.05, 4.69) is 59.8 Å². The molecular formula is C22H27N3OS. The third-order valence-corrected chi connectivity index (χ3v) is 5.97. The van der Waals surface area contributed by atoms with Crippen LogP contribution in [-0.2, 0) is 24.0 Å². The van der Waals surface area contributed by atoms with Crippen molar-refractivity contribution in [3.63, 3.8) is 0 Å². The zero-order valence-corrected chi connectivity index (χ0v) is 17.1. The second-order valence-corrected chi connectivity index (χ2v) is 7.92. The van der Waals surface area contributed by atoms with E-state index in [1.807, 2.05) is 30.4 Å². The molecule has 1 aromatic heterocycles. The number of hydrogen-bond acceptors (Lipinski definition) is 3. The summed E-state index contributed by atoms with van der Waals surface area (Å²) < 4.78 is 1.88. The minimum atomic E-state index is 0.114. The number of hydrogen-bond donors (Lipinski definition) is 1. The molecule has 4 nitrogen and oxygen atoms in total. The summed E-state index contributed by atoms with van der Waals surface area (Å²) in [5.74, 6) is 1.99. The lowest BCUT2D eigenvalue weighted by Gasteiger charge is -2.08. The minimum Gasteiger partial charge on any atom is -0.355 e. The third-order valence-electron chi connectivity index (χ3n) is 4.97. The van der Waals surface area contributed by atoms with Crippen LogP contribution in [0.2, 0.25) is 0 Å². The molecule has 2 aromatic carbocycles. The maximum absolute atomic E-state index is 12.1. The van der Waals surface area contributed by atoms with Crippen LogP contribution >= 0.6 is 11.8 Å². The quantitative estimate of drug-likeness (QED) is 0.596. The van der Waals surface area contributed by atoms with Crippen LogP contribution in [-0.4, -0.2) is 28.0 Å². The Balaban J connectivity index is 1.39. The highest BCUT2D eigenvalue weighted by Gasteiger charge is 2.11. The fourth-order valence-electron chi connectivity index (χ4n) is 3.37. The van der Waals surface area contributed by atoms with Gasteiger partial charge >= 0.3 is 0 Å². The van der Waals surface area contributed by atoms with E-state index >= 15 is 0 Å². The first-order valence-electron chi connectivity index (χ1n) is 9.36. The van der Waals surface area contributed by atoms with E-state index in [1.54, 1.807) is 0 Å². The van der Waals surface area contributed by atoms with E-state index in [1.165, 1.54) is 21.9 Å². The highest BCUT2D eigenvalue weighted by atomic mass is 32.2. The van der Waals surface area contributed by atoms with Crippen LogP contribution < -0.4 is 5.32 Å². The summed E-state index contributed by atoms with van der Waals surface area (Å²) in [6.07, 6.45) is 1.27. The lowest BCUT2D eigenvalue weighted by molar-refractivity contribution is -0.120. The van der Waals surface area contributed by atoms with E-state index in [4.69, 9.17) is 0 Å². The molecule has 27 heavy (non-hydrogen) atoms. The van der Waals surface area contributed by atoms with Crippen molar-refractivity contribution < 1.29 is 4.79 Å². The average Bonchev–Trinajstić information content (AvgIpc) is 2.91. The predicted molar refractivity (Wildman–Crippen MR) is 114 cm³/mol. The van der Waals surface area contributed by atoms with Gasteiger partial charge in [0.15, 0.2) is 0 Å². The number of rotatable bonds is 8. The normalized spacial score (nSPS) is 11.1. The highest BCUT2D eigenvalue weighted by molar-refractivity contribution is 7.98. The molecule has 0 radical (unpaired) electrons. The summed E-state index contributed by atoms with van der Waals surface area (Å²) in [5.41, 5.74) is 4.71. The zero-order valence-electron chi connectivity index (χ0n) is 16.3. The first-order valence-corrected chi connectivity index (χ1v) is 10.5. The Bertz CT molecular complexity index is 927.